The molecule has 0 unspecified atom stereocenters. The normalized spacial score (nSPS) is 11.7. The average Bonchev–Trinajstić information content (AvgIpc) is 2.54. The third kappa shape index (κ3) is 4.18. The average molecular weight is 316 g/mol. The number of nitrogens with zero attached hydrogens (tertiary/aromatic N) is 1. The molecule has 0 radical (unpaired) electrons. The van der Waals surface area contributed by atoms with Gasteiger partial charge in [-0.1, -0.05) is 30.3 Å². The lowest BCUT2D eigenvalue weighted by atomic mass is 10.1. The van der Waals surface area contributed by atoms with E-state index in [0.29, 0.717) is 17.9 Å². The minimum absolute atomic E-state index is 0.149. The van der Waals surface area contributed by atoms with Gasteiger partial charge in [-0.3, -0.25) is 9.00 Å². The highest BCUT2D eigenvalue weighted by Crippen LogP contribution is 2.26. The van der Waals surface area contributed by atoms with Crippen molar-refractivity contribution in [3.8, 4) is 0 Å². The number of hydrogen-bond acceptors (Lipinski definition) is 3. The van der Waals surface area contributed by atoms with Crippen LogP contribution in [0.15, 0.2) is 54.6 Å². The lowest BCUT2D eigenvalue weighted by molar-refractivity contribution is 0.0957. The zero-order chi connectivity index (χ0) is 15.9. The molecule has 0 bridgehead atoms. The number of rotatable bonds is 6. The van der Waals surface area contributed by atoms with E-state index in [-0.39, 0.29) is 5.91 Å². The van der Waals surface area contributed by atoms with Crippen molar-refractivity contribution >= 4 is 28.1 Å². The Morgan fingerprint density at radius 2 is 1.73 bits per heavy atom. The van der Waals surface area contributed by atoms with Crippen molar-refractivity contribution in [1.82, 2.24) is 5.32 Å². The number of amides is 1. The Labute approximate surface area is 133 Å². The van der Waals surface area contributed by atoms with Gasteiger partial charge in [-0.05, 0) is 24.3 Å². The monoisotopic (exact) mass is 316 g/mol. The van der Waals surface area contributed by atoms with Gasteiger partial charge in [-0.15, -0.1) is 0 Å². The number of hydrogen-bond donors (Lipinski definition) is 1. The minimum atomic E-state index is -0.907. The second-order valence-electron chi connectivity index (χ2n) is 4.94. The fourth-order valence-corrected chi connectivity index (χ4v) is 2.54. The summed E-state index contributed by atoms with van der Waals surface area (Å²) in [7, 11) is 1.03. The van der Waals surface area contributed by atoms with Gasteiger partial charge in [0.05, 0.1) is 11.3 Å². The van der Waals surface area contributed by atoms with Crippen molar-refractivity contribution < 1.29 is 9.00 Å². The predicted molar refractivity (Wildman–Crippen MR) is 92.2 cm³/mol. The van der Waals surface area contributed by atoms with E-state index >= 15 is 0 Å². The number of carbonyl (C=O) groups excluding carboxylic acids is 1. The highest BCUT2D eigenvalue weighted by Gasteiger charge is 2.14. The highest BCUT2D eigenvalue weighted by atomic mass is 32.2. The first-order chi connectivity index (χ1) is 10.6. The van der Waals surface area contributed by atoms with E-state index < -0.39 is 10.8 Å². The smallest absolute Gasteiger partial charge is 0.253 e. The van der Waals surface area contributed by atoms with E-state index in [1.807, 2.05) is 60.5 Å². The molecule has 2 rings (SSSR count). The van der Waals surface area contributed by atoms with Crippen LogP contribution < -0.4 is 10.2 Å². The molecule has 0 aromatic heterocycles. The van der Waals surface area contributed by atoms with E-state index in [1.54, 1.807) is 12.3 Å². The number of benzene rings is 2. The third-order valence-corrected chi connectivity index (χ3v) is 4.11. The van der Waals surface area contributed by atoms with Crippen LogP contribution in [0.5, 0.6) is 0 Å². The molecule has 116 valence electrons. The van der Waals surface area contributed by atoms with Gasteiger partial charge in [-0.2, -0.15) is 0 Å². The zero-order valence-corrected chi connectivity index (χ0v) is 13.6. The van der Waals surface area contributed by atoms with Gasteiger partial charge in [-0.25, -0.2) is 0 Å². The van der Waals surface area contributed by atoms with Gasteiger partial charge in [0.1, 0.15) is 0 Å². The largest absolute Gasteiger partial charge is 0.351 e. The molecule has 4 nitrogen and oxygen atoms in total. The molecule has 22 heavy (non-hydrogen) atoms. The molecular weight excluding hydrogens is 296 g/mol. The Hall–Kier alpha value is -2.14. The Bertz CT molecular complexity index is 659. The maximum atomic E-state index is 12.3. The summed E-state index contributed by atoms with van der Waals surface area (Å²) in [5.41, 5.74) is 2.46. The zero-order valence-electron chi connectivity index (χ0n) is 12.8. The predicted octanol–water partition coefficient (Wildman–Crippen LogP) is 2.56. The van der Waals surface area contributed by atoms with Crippen molar-refractivity contribution in [2.75, 3.05) is 30.5 Å². The van der Waals surface area contributed by atoms with Crippen molar-refractivity contribution in [1.29, 1.82) is 0 Å². The van der Waals surface area contributed by atoms with Crippen LogP contribution in [0.3, 0.4) is 0 Å². The minimum Gasteiger partial charge on any atom is -0.351 e. The van der Waals surface area contributed by atoms with Crippen molar-refractivity contribution in [3.05, 3.63) is 60.2 Å². The standard InChI is InChI=1S/C17H20N2O2S/c1-19(14-8-4-3-5-9-14)16-11-7-6-10-15(16)17(20)18-12-13-22(2)21/h3-11H,12-13H2,1-2H3,(H,18,20)/t22-/m1/s1. The van der Waals surface area contributed by atoms with Gasteiger partial charge >= 0.3 is 0 Å². The summed E-state index contributed by atoms with van der Waals surface area (Å²) in [5.74, 6) is 0.312. The lowest BCUT2D eigenvalue weighted by Gasteiger charge is -2.22. The van der Waals surface area contributed by atoms with Gasteiger partial charge in [0.15, 0.2) is 0 Å². The first-order valence-electron chi connectivity index (χ1n) is 7.05. The fourth-order valence-electron chi connectivity index (χ4n) is 2.15. The number of anilines is 2. The molecular formula is C17H20N2O2S. The van der Waals surface area contributed by atoms with E-state index in [1.165, 1.54) is 0 Å². The second-order valence-corrected chi connectivity index (χ2v) is 6.50. The summed E-state index contributed by atoms with van der Waals surface area (Å²) in [6.07, 6.45) is 1.63. The van der Waals surface area contributed by atoms with Crippen molar-refractivity contribution in [2.24, 2.45) is 0 Å². The maximum absolute atomic E-state index is 12.3. The van der Waals surface area contributed by atoms with Crippen molar-refractivity contribution in [2.45, 2.75) is 0 Å². The van der Waals surface area contributed by atoms with E-state index in [9.17, 15) is 9.00 Å². The van der Waals surface area contributed by atoms with E-state index in [0.717, 1.165) is 11.4 Å². The Morgan fingerprint density at radius 1 is 1.09 bits per heavy atom. The van der Waals surface area contributed by atoms with Crippen LogP contribution >= 0.6 is 0 Å². The maximum Gasteiger partial charge on any atom is 0.253 e. The Morgan fingerprint density at radius 3 is 2.41 bits per heavy atom. The number of para-hydroxylation sites is 2. The molecule has 0 fully saturated rings. The summed E-state index contributed by atoms with van der Waals surface area (Å²) in [6, 6.07) is 17.3. The summed E-state index contributed by atoms with van der Waals surface area (Å²) >= 11 is 0. The topological polar surface area (TPSA) is 49.4 Å². The molecule has 0 saturated heterocycles. The second kappa shape index (κ2) is 7.75. The summed E-state index contributed by atoms with van der Waals surface area (Å²) in [6.45, 7) is 0.408. The molecule has 1 atom stereocenters. The summed E-state index contributed by atoms with van der Waals surface area (Å²) in [5, 5.41) is 2.82. The molecule has 1 amide bonds. The van der Waals surface area contributed by atoms with Crippen LogP contribution in [-0.2, 0) is 10.8 Å². The molecule has 0 spiro atoms. The van der Waals surface area contributed by atoms with Crippen LogP contribution in [0.4, 0.5) is 11.4 Å². The molecule has 1 N–H and O–H groups in total. The molecule has 2 aromatic carbocycles. The van der Waals surface area contributed by atoms with Crippen LogP contribution in [0.1, 0.15) is 10.4 Å². The fraction of sp³-hybridized carbons (Fsp3) is 0.235. The number of carbonyl (C=O) groups is 1. The molecule has 0 heterocycles. The van der Waals surface area contributed by atoms with Crippen LogP contribution in [0.2, 0.25) is 0 Å². The van der Waals surface area contributed by atoms with Gasteiger partial charge in [0.2, 0.25) is 0 Å². The van der Waals surface area contributed by atoms with Crippen LogP contribution in [0, 0.1) is 0 Å². The molecule has 0 aliphatic heterocycles. The Kier molecular flexibility index (Phi) is 5.72. The highest BCUT2D eigenvalue weighted by molar-refractivity contribution is 7.84. The molecule has 5 heteroatoms. The Balaban J connectivity index is 2.19. The molecule has 0 saturated carbocycles. The number of nitrogens with one attached hydrogen (secondary N) is 1. The first-order valence-corrected chi connectivity index (χ1v) is 8.78. The van der Waals surface area contributed by atoms with Gasteiger partial charge < -0.3 is 10.2 Å². The van der Waals surface area contributed by atoms with Crippen LogP contribution in [-0.4, -0.2) is 35.7 Å². The molecule has 2 aromatic rings. The van der Waals surface area contributed by atoms with Gasteiger partial charge in [0.25, 0.3) is 5.91 Å². The molecule has 0 aliphatic rings. The lowest BCUT2D eigenvalue weighted by Crippen LogP contribution is -2.29. The molecule has 0 aliphatic carbocycles. The van der Waals surface area contributed by atoms with E-state index in [2.05, 4.69) is 5.32 Å². The van der Waals surface area contributed by atoms with Crippen LogP contribution in [0.25, 0.3) is 0 Å². The van der Waals surface area contributed by atoms with E-state index in [4.69, 9.17) is 0 Å². The summed E-state index contributed by atoms with van der Waals surface area (Å²) < 4.78 is 11.1. The first kappa shape index (κ1) is 16.2. The quantitative estimate of drug-likeness (QED) is 0.891. The van der Waals surface area contributed by atoms with Crippen molar-refractivity contribution in [3.63, 3.8) is 0 Å². The van der Waals surface area contributed by atoms with Gasteiger partial charge in [0, 0.05) is 42.1 Å². The summed E-state index contributed by atoms with van der Waals surface area (Å²) in [4.78, 5) is 14.3. The SMILES string of the molecule is CN(c1ccccc1)c1ccccc1C(=O)NCC[S@@](C)=O. The third-order valence-electron chi connectivity index (χ3n) is 3.33.